The molecule has 1 atom stereocenters. The third-order valence-corrected chi connectivity index (χ3v) is 4.56. The number of rotatable bonds is 3. The third-order valence-electron chi connectivity index (χ3n) is 4.28. The molecule has 27 heavy (non-hydrogen) atoms. The number of amides is 4. The van der Waals surface area contributed by atoms with Crippen molar-refractivity contribution in [1.29, 1.82) is 0 Å². The summed E-state index contributed by atoms with van der Waals surface area (Å²) in [6, 6.07) is 5.17. The van der Waals surface area contributed by atoms with Gasteiger partial charge in [0, 0.05) is 5.56 Å². The first-order valence-electron chi connectivity index (χ1n) is 8.01. The molecule has 0 bridgehead atoms. The van der Waals surface area contributed by atoms with Gasteiger partial charge in [0.2, 0.25) is 0 Å². The van der Waals surface area contributed by atoms with Crippen molar-refractivity contribution in [2.45, 2.75) is 12.5 Å². The molecule has 2 aromatic rings. The third kappa shape index (κ3) is 2.76. The molecule has 4 amide bonds. The number of carbonyl (C=O) groups is 3. The lowest BCUT2D eigenvalue weighted by molar-refractivity contribution is -0.133. The number of ether oxygens (including phenoxy) is 2. The number of nitrogens with one attached hydrogen (secondary N) is 2. The first-order chi connectivity index (χ1) is 12.9. The average molecular weight is 392 g/mol. The van der Waals surface area contributed by atoms with Gasteiger partial charge in [0.25, 0.3) is 11.8 Å². The Hall–Kier alpha value is -3.20. The lowest BCUT2D eigenvalue weighted by Gasteiger charge is -2.21. The van der Waals surface area contributed by atoms with Crippen molar-refractivity contribution >= 4 is 29.4 Å². The summed E-state index contributed by atoms with van der Waals surface area (Å²) in [5.41, 5.74) is 0.971. The zero-order chi connectivity index (χ0) is 19.2. The number of benzene rings is 1. The van der Waals surface area contributed by atoms with Crippen molar-refractivity contribution in [3.8, 4) is 11.5 Å². The van der Waals surface area contributed by atoms with Crippen molar-refractivity contribution in [3.63, 3.8) is 0 Å². The highest BCUT2D eigenvalue weighted by molar-refractivity contribution is 6.32. The van der Waals surface area contributed by atoms with Crippen LogP contribution in [0.15, 0.2) is 34.9 Å². The second-order valence-corrected chi connectivity index (χ2v) is 6.50. The molecule has 0 saturated carbocycles. The fourth-order valence-corrected chi connectivity index (χ4v) is 3.14. The number of halogens is 1. The van der Waals surface area contributed by atoms with Gasteiger partial charge in [-0.1, -0.05) is 11.6 Å². The van der Waals surface area contributed by atoms with Crippen LogP contribution in [0.3, 0.4) is 0 Å². The molecule has 3 heterocycles. The number of hydrazine groups is 1. The van der Waals surface area contributed by atoms with Gasteiger partial charge in [0.15, 0.2) is 17.0 Å². The van der Waals surface area contributed by atoms with Crippen LogP contribution in [0, 0.1) is 0 Å². The van der Waals surface area contributed by atoms with Crippen LogP contribution in [0.2, 0.25) is 5.02 Å². The Bertz CT molecular complexity index is 944. The van der Waals surface area contributed by atoms with E-state index < -0.39 is 23.4 Å². The normalized spacial score (nSPS) is 21.2. The maximum atomic E-state index is 12.7. The van der Waals surface area contributed by atoms with Gasteiger partial charge >= 0.3 is 6.03 Å². The molecule has 1 aromatic heterocycles. The van der Waals surface area contributed by atoms with Crippen LogP contribution >= 0.6 is 11.6 Å². The number of imide groups is 1. The smallest absolute Gasteiger partial charge is 0.344 e. The molecular formula is C17H14ClN3O6. The second kappa shape index (κ2) is 6.20. The van der Waals surface area contributed by atoms with Gasteiger partial charge in [-0.2, -0.15) is 5.01 Å². The van der Waals surface area contributed by atoms with Gasteiger partial charge < -0.3 is 19.2 Å². The minimum atomic E-state index is -1.42. The van der Waals surface area contributed by atoms with E-state index in [0.29, 0.717) is 29.7 Å². The monoisotopic (exact) mass is 391 g/mol. The van der Waals surface area contributed by atoms with Crippen LogP contribution in [-0.4, -0.2) is 36.1 Å². The first-order valence-corrected chi connectivity index (χ1v) is 8.39. The maximum Gasteiger partial charge on any atom is 0.344 e. The summed E-state index contributed by atoms with van der Waals surface area (Å²) in [5.74, 6) is -0.475. The predicted molar refractivity (Wildman–Crippen MR) is 91.3 cm³/mol. The Labute approximate surface area is 158 Å². The lowest BCUT2D eigenvalue weighted by Crippen LogP contribution is -2.47. The minimum Gasteiger partial charge on any atom is -0.486 e. The van der Waals surface area contributed by atoms with Gasteiger partial charge in [0.1, 0.15) is 19.0 Å². The number of hydrogen-bond donors (Lipinski definition) is 2. The average Bonchev–Trinajstić information content (AvgIpc) is 3.26. The highest BCUT2D eigenvalue weighted by Crippen LogP contribution is 2.38. The molecule has 2 aliphatic heterocycles. The Morgan fingerprint density at radius 1 is 1.30 bits per heavy atom. The SMILES string of the molecule is CC1(c2ccco2)NC(=O)N(NC(=O)c2cc(Cl)c3c(c2)OCCO3)C1=O. The Balaban J connectivity index is 1.57. The van der Waals surface area contributed by atoms with Crippen molar-refractivity contribution in [1.82, 2.24) is 15.8 Å². The molecular weight excluding hydrogens is 378 g/mol. The standard InChI is InChI=1S/C17H14ClN3O6/c1-17(12-3-2-4-26-12)15(23)21(16(24)19-17)20-14(22)9-7-10(18)13-11(8-9)25-5-6-27-13/h2-4,7-8H,5-6H2,1H3,(H,19,24)(H,20,22). The number of fused-ring (bicyclic) bond motifs is 1. The molecule has 2 N–H and O–H groups in total. The maximum absolute atomic E-state index is 12.7. The van der Waals surface area contributed by atoms with Gasteiger partial charge in [-0.15, -0.1) is 0 Å². The summed E-state index contributed by atoms with van der Waals surface area (Å²) in [6.07, 6.45) is 1.39. The fourth-order valence-electron chi connectivity index (χ4n) is 2.88. The fraction of sp³-hybridized carbons (Fsp3) is 0.235. The summed E-state index contributed by atoms with van der Waals surface area (Å²) in [6.45, 7) is 2.16. The van der Waals surface area contributed by atoms with E-state index in [1.807, 2.05) is 0 Å². The van der Waals surface area contributed by atoms with Gasteiger partial charge in [-0.05, 0) is 31.2 Å². The molecule has 2 aliphatic rings. The van der Waals surface area contributed by atoms with Crippen molar-refractivity contribution in [3.05, 3.63) is 46.9 Å². The van der Waals surface area contributed by atoms with Gasteiger partial charge in [-0.3, -0.25) is 15.0 Å². The van der Waals surface area contributed by atoms with Crippen LogP contribution < -0.4 is 20.2 Å². The molecule has 1 unspecified atom stereocenters. The van der Waals surface area contributed by atoms with E-state index in [1.54, 1.807) is 12.1 Å². The number of urea groups is 1. The minimum absolute atomic E-state index is 0.108. The second-order valence-electron chi connectivity index (χ2n) is 6.10. The summed E-state index contributed by atoms with van der Waals surface area (Å²) in [4.78, 5) is 37.5. The molecule has 0 aliphatic carbocycles. The molecule has 1 saturated heterocycles. The Morgan fingerprint density at radius 2 is 2.07 bits per heavy atom. The van der Waals surface area contributed by atoms with E-state index in [4.69, 9.17) is 25.5 Å². The van der Waals surface area contributed by atoms with Crippen LogP contribution in [0.25, 0.3) is 0 Å². The molecule has 1 fully saturated rings. The van der Waals surface area contributed by atoms with E-state index in [0.717, 1.165) is 0 Å². The van der Waals surface area contributed by atoms with E-state index >= 15 is 0 Å². The van der Waals surface area contributed by atoms with E-state index in [9.17, 15) is 14.4 Å². The summed E-state index contributed by atoms with van der Waals surface area (Å²) < 4.78 is 16.1. The number of nitrogens with zero attached hydrogens (tertiary/aromatic N) is 1. The molecule has 10 heteroatoms. The van der Waals surface area contributed by atoms with Crippen molar-refractivity contribution in [2.75, 3.05) is 13.2 Å². The number of carbonyl (C=O) groups excluding carboxylic acids is 3. The zero-order valence-electron chi connectivity index (χ0n) is 14.1. The zero-order valence-corrected chi connectivity index (χ0v) is 14.8. The summed E-state index contributed by atoms with van der Waals surface area (Å²) in [5, 5.41) is 3.31. The van der Waals surface area contributed by atoms with E-state index in [-0.39, 0.29) is 16.3 Å². The molecule has 4 rings (SSSR count). The molecule has 1 aromatic carbocycles. The van der Waals surface area contributed by atoms with Crippen LogP contribution in [0.4, 0.5) is 4.79 Å². The van der Waals surface area contributed by atoms with Crippen molar-refractivity contribution < 1.29 is 28.3 Å². The largest absolute Gasteiger partial charge is 0.486 e. The highest BCUT2D eigenvalue weighted by Gasteiger charge is 2.52. The topological polar surface area (TPSA) is 110 Å². The number of hydrogen-bond acceptors (Lipinski definition) is 6. The molecule has 140 valence electrons. The predicted octanol–water partition coefficient (Wildman–Crippen LogP) is 1.82. The van der Waals surface area contributed by atoms with Gasteiger partial charge in [-0.25, -0.2) is 4.79 Å². The van der Waals surface area contributed by atoms with Crippen LogP contribution in [-0.2, 0) is 10.3 Å². The van der Waals surface area contributed by atoms with Crippen LogP contribution in [0.1, 0.15) is 23.0 Å². The molecule has 0 radical (unpaired) electrons. The summed E-state index contributed by atoms with van der Waals surface area (Å²) >= 11 is 6.12. The highest BCUT2D eigenvalue weighted by atomic mass is 35.5. The Morgan fingerprint density at radius 3 is 2.81 bits per heavy atom. The molecule has 0 spiro atoms. The Kier molecular flexibility index (Phi) is 3.96. The summed E-state index contributed by atoms with van der Waals surface area (Å²) in [7, 11) is 0. The van der Waals surface area contributed by atoms with E-state index in [2.05, 4.69) is 10.7 Å². The molecule has 9 nitrogen and oxygen atoms in total. The van der Waals surface area contributed by atoms with E-state index in [1.165, 1.54) is 25.3 Å². The lowest BCUT2D eigenvalue weighted by atomic mass is 10.00. The number of furan rings is 1. The van der Waals surface area contributed by atoms with Crippen molar-refractivity contribution in [2.24, 2.45) is 0 Å². The van der Waals surface area contributed by atoms with Gasteiger partial charge in [0.05, 0.1) is 11.3 Å². The first kappa shape index (κ1) is 17.2. The van der Waals surface area contributed by atoms with Crippen LogP contribution in [0.5, 0.6) is 11.5 Å². The quantitative estimate of drug-likeness (QED) is 0.772.